The highest BCUT2D eigenvalue weighted by Crippen LogP contribution is 2.31. The third kappa shape index (κ3) is 4.50. The first kappa shape index (κ1) is 18.0. The first-order valence-electron chi connectivity index (χ1n) is 10.2. The molecule has 27 heavy (non-hydrogen) atoms. The second-order valence-corrected chi connectivity index (χ2v) is 7.68. The average Bonchev–Trinajstić information content (AvgIpc) is 3.44. The summed E-state index contributed by atoms with van der Waals surface area (Å²) in [4.78, 5) is 14.7. The van der Waals surface area contributed by atoms with E-state index >= 15 is 0 Å². The Balaban J connectivity index is 1.20. The highest BCUT2D eigenvalue weighted by atomic mass is 16.2. The molecule has 0 bridgehead atoms. The molecule has 0 radical (unpaired) electrons. The summed E-state index contributed by atoms with van der Waals surface area (Å²) in [5, 5.41) is 10.3. The van der Waals surface area contributed by atoms with Crippen LogP contribution in [0.5, 0.6) is 0 Å². The summed E-state index contributed by atoms with van der Waals surface area (Å²) in [6.07, 6.45) is 7.75. The lowest BCUT2D eigenvalue weighted by Crippen LogP contribution is -2.36. The smallest absolute Gasteiger partial charge is 0.320 e. The topological polar surface area (TPSA) is 62.2 Å². The SMILES string of the molecule is O=C(NCCN1CC[C@@H](c2ccccc2)C1)Nc1ccnn1C1CCCC1. The lowest BCUT2D eigenvalue weighted by molar-refractivity contribution is 0.249. The van der Waals surface area contributed by atoms with Crippen LogP contribution in [0.4, 0.5) is 10.6 Å². The predicted octanol–water partition coefficient (Wildman–Crippen LogP) is 3.61. The van der Waals surface area contributed by atoms with Gasteiger partial charge in [-0.1, -0.05) is 43.2 Å². The van der Waals surface area contributed by atoms with Gasteiger partial charge in [0.25, 0.3) is 0 Å². The largest absolute Gasteiger partial charge is 0.337 e. The fourth-order valence-corrected chi connectivity index (χ4v) is 4.37. The van der Waals surface area contributed by atoms with Crippen LogP contribution >= 0.6 is 0 Å². The van der Waals surface area contributed by atoms with E-state index in [0.717, 1.165) is 38.3 Å². The van der Waals surface area contributed by atoms with E-state index in [1.807, 2.05) is 10.7 Å². The number of rotatable bonds is 6. The van der Waals surface area contributed by atoms with Crippen LogP contribution in [0.2, 0.25) is 0 Å². The van der Waals surface area contributed by atoms with Crippen LogP contribution < -0.4 is 10.6 Å². The molecule has 1 aromatic heterocycles. The minimum absolute atomic E-state index is 0.145. The normalized spacial score (nSPS) is 20.8. The summed E-state index contributed by atoms with van der Waals surface area (Å²) in [7, 11) is 0. The third-order valence-electron chi connectivity index (χ3n) is 5.84. The number of nitrogens with one attached hydrogen (secondary N) is 2. The third-order valence-corrected chi connectivity index (χ3v) is 5.84. The number of likely N-dealkylation sites (tertiary alicyclic amines) is 1. The molecule has 1 aromatic carbocycles. The molecule has 1 saturated carbocycles. The van der Waals surface area contributed by atoms with Gasteiger partial charge >= 0.3 is 6.03 Å². The molecule has 0 spiro atoms. The lowest BCUT2D eigenvalue weighted by atomic mass is 9.99. The Morgan fingerprint density at radius 1 is 1.11 bits per heavy atom. The number of anilines is 1. The lowest BCUT2D eigenvalue weighted by Gasteiger charge is -2.17. The first-order chi connectivity index (χ1) is 13.3. The Hall–Kier alpha value is -2.34. The van der Waals surface area contributed by atoms with Gasteiger partial charge in [0.05, 0.1) is 12.2 Å². The number of amides is 2. The van der Waals surface area contributed by atoms with Crippen molar-refractivity contribution >= 4 is 11.8 Å². The van der Waals surface area contributed by atoms with Crippen molar-refractivity contribution in [2.24, 2.45) is 0 Å². The highest BCUT2D eigenvalue weighted by molar-refractivity contribution is 5.88. The van der Waals surface area contributed by atoms with E-state index in [9.17, 15) is 4.79 Å². The molecule has 1 aliphatic heterocycles. The van der Waals surface area contributed by atoms with E-state index in [-0.39, 0.29) is 6.03 Å². The molecular formula is C21H29N5O. The Bertz CT molecular complexity index is 738. The van der Waals surface area contributed by atoms with Crippen molar-refractivity contribution in [1.29, 1.82) is 0 Å². The first-order valence-corrected chi connectivity index (χ1v) is 10.2. The van der Waals surface area contributed by atoms with Crippen LogP contribution in [-0.4, -0.2) is 46.9 Å². The zero-order chi connectivity index (χ0) is 18.5. The highest BCUT2D eigenvalue weighted by Gasteiger charge is 2.23. The molecular weight excluding hydrogens is 338 g/mol. The Morgan fingerprint density at radius 2 is 1.93 bits per heavy atom. The van der Waals surface area contributed by atoms with Crippen molar-refractivity contribution in [1.82, 2.24) is 20.0 Å². The fraction of sp³-hybridized carbons (Fsp3) is 0.524. The van der Waals surface area contributed by atoms with E-state index in [0.29, 0.717) is 18.5 Å². The molecule has 4 rings (SSSR count). The summed E-state index contributed by atoms with van der Waals surface area (Å²) in [6.45, 7) is 3.71. The molecule has 6 heteroatoms. The average molecular weight is 367 g/mol. The number of urea groups is 1. The van der Waals surface area contributed by atoms with Crippen molar-refractivity contribution < 1.29 is 4.79 Å². The van der Waals surface area contributed by atoms with Gasteiger partial charge in [0.1, 0.15) is 5.82 Å². The minimum atomic E-state index is -0.145. The maximum Gasteiger partial charge on any atom is 0.320 e. The van der Waals surface area contributed by atoms with Crippen LogP contribution in [0.1, 0.15) is 49.6 Å². The van der Waals surface area contributed by atoms with E-state index < -0.39 is 0 Å². The van der Waals surface area contributed by atoms with Gasteiger partial charge in [-0.2, -0.15) is 5.10 Å². The summed E-state index contributed by atoms with van der Waals surface area (Å²) in [6, 6.07) is 12.9. The minimum Gasteiger partial charge on any atom is -0.337 e. The maximum atomic E-state index is 12.3. The molecule has 144 valence electrons. The van der Waals surface area contributed by atoms with Gasteiger partial charge in [-0.15, -0.1) is 0 Å². The second kappa shape index (κ2) is 8.57. The van der Waals surface area contributed by atoms with Gasteiger partial charge < -0.3 is 10.2 Å². The zero-order valence-electron chi connectivity index (χ0n) is 15.8. The zero-order valence-corrected chi connectivity index (χ0v) is 15.8. The number of carbonyl (C=O) groups excluding carboxylic acids is 1. The van der Waals surface area contributed by atoms with Crippen LogP contribution in [0.25, 0.3) is 0 Å². The molecule has 2 heterocycles. The molecule has 1 saturated heterocycles. The van der Waals surface area contributed by atoms with E-state index in [2.05, 4.69) is 51.0 Å². The molecule has 2 aliphatic rings. The van der Waals surface area contributed by atoms with E-state index in [1.54, 1.807) is 6.20 Å². The van der Waals surface area contributed by atoms with Gasteiger partial charge in [0.15, 0.2) is 0 Å². The predicted molar refractivity (Wildman–Crippen MR) is 107 cm³/mol. The molecule has 1 atom stereocenters. The molecule has 2 N–H and O–H groups in total. The summed E-state index contributed by atoms with van der Waals surface area (Å²) < 4.78 is 1.97. The van der Waals surface area contributed by atoms with Gasteiger partial charge in [0, 0.05) is 25.7 Å². The van der Waals surface area contributed by atoms with Crippen molar-refractivity contribution in [3.05, 3.63) is 48.2 Å². The summed E-state index contributed by atoms with van der Waals surface area (Å²) in [5.74, 6) is 1.41. The molecule has 2 fully saturated rings. The van der Waals surface area contributed by atoms with Gasteiger partial charge in [-0.3, -0.25) is 5.32 Å². The Morgan fingerprint density at radius 3 is 2.74 bits per heavy atom. The van der Waals surface area contributed by atoms with Crippen LogP contribution in [0.15, 0.2) is 42.6 Å². The quantitative estimate of drug-likeness (QED) is 0.820. The number of hydrogen-bond acceptors (Lipinski definition) is 3. The van der Waals surface area contributed by atoms with Crippen molar-refractivity contribution in [2.75, 3.05) is 31.5 Å². The molecule has 0 unspecified atom stereocenters. The van der Waals surface area contributed by atoms with Gasteiger partial charge in [-0.05, 0) is 37.3 Å². The number of aromatic nitrogens is 2. The molecule has 2 amide bonds. The van der Waals surface area contributed by atoms with Crippen LogP contribution in [-0.2, 0) is 0 Å². The van der Waals surface area contributed by atoms with E-state index in [1.165, 1.54) is 24.8 Å². The monoisotopic (exact) mass is 367 g/mol. The molecule has 6 nitrogen and oxygen atoms in total. The number of carbonyl (C=O) groups is 1. The van der Waals surface area contributed by atoms with Crippen LogP contribution in [0, 0.1) is 0 Å². The molecule has 2 aromatic rings. The fourth-order valence-electron chi connectivity index (χ4n) is 4.37. The standard InChI is InChI=1S/C21H29N5O/c27-21(24-20-10-12-23-26(20)19-8-4-5-9-19)22-13-15-25-14-11-18(16-25)17-6-2-1-3-7-17/h1-3,6-7,10,12,18-19H,4-5,8-9,11,13-16H2,(H2,22,24,27)/t18-/m1/s1. The maximum absolute atomic E-state index is 12.3. The summed E-state index contributed by atoms with van der Waals surface area (Å²) in [5.41, 5.74) is 1.42. The Kier molecular flexibility index (Phi) is 5.72. The molecule has 1 aliphatic carbocycles. The van der Waals surface area contributed by atoms with Crippen molar-refractivity contribution in [3.8, 4) is 0 Å². The second-order valence-electron chi connectivity index (χ2n) is 7.68. The number of benzene rings is 1. The van der Waals surface area contributed by atoms with Gasteiger partial charge in [0.2, 0.25) is 0 Å². The van der Waals surface area contributed by atoms with E-state index in [4.69, 9.17) is 0 Å². The van der Waals surface area contributed by atoms with Crippen LogP contribution in [0.3, 0.4) is 0 Å². The van der Waals surface area contributed by atoms with Crippen molar-refractivity contribution in [2.45, 2.75) is 44.1 Å². The summed E-state index contributed by atoms with van der Waals surface area (Å²) >= 11 is 0. The van der Waals surface area contributed by atoms with Crippen molar-refractivity contribution in [3.63, 3.8) is 0 Å². The number of nitrogens with zero attached hydrogens (tertiary/aromatic N) is 3. The Labute approximate surface area is 160 Å². The van der Waals surface area contributed by atoms with Gasteiger partial charge in [-0.25, -0.2) is 9.48 Å². The number of hydrogen-bond donors (Lipinski definition) is 2.